The number of H-pyrrole nitrogens is 1. The smallest absolute Gasteiger partial charge is 0.254 e. The zero-order chi connectivity index (χ0) is 29.5. The molecule has 0 spiro atoms. The molecule has 2 aliphatic rings. The summed E-state index contributed by atoms with van der Waals surface area (Å²) in [5, 5.41) is 6.66. The number of hydrogen-bond donors (Lipinski definition) is 3. The zero-order valence-electron chi connectivity index (χ0n) is 24.0. The number of carbonyl (C=O) groups excluding carboxylic acids is 2. The second-order valence-corrected chi connectivity index (χ2v) is 12.5. The van der Waals surface area contributed by atoms with Crippen LogP contribution in [-0.4, -0.2) is 39.6 Å². The van der Waals surface area contributed by atoms with Gasteiger partial charge in [-0.1, -0.05) is 18.2 Å². The fraction of sp³-hybridized carbons (Fsp3) is 0.516. The number of aromatic nitrogens is 2. The first-order valence-corrected chi connectivity index (χ1v) is 15.5. The molecule has 41 heavy (non-hydrogen) atoms. The van der Waals surface area contributed by atoms with Gasteiger partial charge in [0.2, 0.25) is 5.91 Å². The van der Waals surface area contributed by atoms with Crippen LogP contribution in [-0.2, 0) is 11.3 Å². The highest BCUT2D eigenvalue weighted by Gasteiger charge is 2.46. The van der Waals surface area contributed by atoms with E-state index in [0.29, 0.717) is 17.0 Å². The number of nitrogens with one attached hydrogen (secondary N) is 3. The van der Waals surface area contributed by atoms with Crippen molar-refractivity contribution in [3.05, 3.63) is 63.2 Å². The van der Waals surface area contributed by atoms with Gasteiger partial charge in [-0.15, -0.1) is 11.8 Å². The number of pyridine rings is 1. The lowest BCUT2D eigenvalue weighted by molar-refractivity contribution is -0.134. The van der Waals surface area contributed by atoms with E-state index in [1.54, 1.807) is 0 Å². The van der Waals surface area contributed by atoms with Crippen molar-refractivity contribution < 1.29 is 18.4 Å². The van der Waals surface area contributed by atoms with Gasteiger partial charge in [-0.25, -0.2) is 8.78 Å². The van der Waals surface area contributed by atoms with Crippen molar-refractivity contribution in [1.29, 1.82) is 0 Å². The van der Waals surface area contributed by atoms with Gasteiger partial charge >= 0.3 is 0 Å². The number of benzene rings is 1. The zero-order valence-corrected chi connectivity index (χ0v) is 24.8. The highest BCUT2D eigenvalue weighted by atomic mass is 32.2. The number of carbonyl (C=O) groups is 2. The number of amides is 2. The minimum atomic E-state index is -2.64. The minimum Gasteiger partial charge on any atom is -0.353 e. The Kier molecular flexibility index (Phi) is 8.32. The van der Waals surface area contributed by atoms with E-state index >= 15 is 0 Å². The summed E-state index contributed by atoms with van der Waals surface area (Å²) in [5.41, 5.74) is 3.57. The van der Waals surface area contributed by atoms with Gasteiger partial charge in [0.15, 0.2) is 0 Å². The van der Waals surface area contributed by atoms with Crippen LogP contribution in [0.25, 0.3) is 10.9 Å². The number of nitrogens with zero attached hydrogens (tertiary/aromatic N) is 1. The summed E-state index contributed by atoms with van der Waals surface area (Å²) in [5.74, 6) is -2.80. The molecular weight excluding hydrogens is 546 g/mol. The number of fused-ring (bicyclic) bond motifs is 1. The van der Waals surface area contributed by atoms with E-state index in [1.165, 1.54) is 11.8 Å². The van der Waals surface area contributed by atoms with E-state index in [1.807, 2.05) is 50.4 Å². The number of aromatic amines is 1. The maximum absolute atomic E-state index is 13.6. The molecule has 2 aromatic heterocycles. The SMILES string of the molecule is CSc1cc(C)[nH]c(=O)c1CNC(=O)c1c(C)n([C@H](C)[C@H]2CC[C@H](C(=O)NC3CC(F)(F)C3)CC2)c2ccccc12. The summed E-state index contributed by atoms with van der Waals surface area (Å²) in [6.07, 6.45) is 4.52. The molecule has 0 aliphatic heterocycles. The standard InChI is InChI=1S/C31H38F2N4O3S/c1-17-13-26(41-4)24(29(39)35-17)16-34-30(40)27-19(3)37(25-8-6-5-7-23(25)27)18(2)20-9-11-21(12-10-20)28(38)36-22-14-31(32,33)15-22/h5-8,13,18,20-22H,9-12,14-16H2,1-4H3,(H,34,40)(H,35,39)(H,36,38)/t18-,20-,21-/m1/s1. The van der Waals surface area contributed by atoms with Crippen LogP contribution in [0.3, 0.4) is 0 Å². The summed E-state index contributed by atoms with van der Waals surface area (Å²) in [6, 6.07) is 9.47. The lowest BCUT2D eigenvalue weighted by Crippen LogP contribution is -2.52. The first-order chi connectivity index (χ1) is 19.5. The quantitative estimate of drug-likeness (QED) is 0.288. The van der Waals surface area contributed by atoms with Crippen LogP contribution in [0.15, 0.2) is 40.0 Å². The molecule has 7 nitrogen and oxygen atoms in total. The minimum absolute atomic E-state index is 0.0961. The van der Waals surface area contributed by atoms with Crippen LogP contribution in [0.4, 0.5) is 8.78 Å². The molecule has 0 bridgehead atoms. The molecule has 2 amide bonds. The van der Waals surface area contributed by atoms with Gasteiger partial charge in [0, 0.05) is 70.1 Å². The molecule has 2 heterocycles. The van der Waals surface area contributed by atoms with Gasteiger partial charge in [0.1, 0.15) is 0 Å². The summed E-state index contributed by atoms with van der Waals surface area (Å²) in [6.45, 7) is 6.09. The second kappa shape index (κ2) is 11.6. The Bertz CT molecular complexity index is 1520. The predicted molar refractivity (Wildman–Crippen MR) is 158 cm³/mol. The van der Waals surface area contributed by atoms with E-state index in [4.69, 9.17) is 0 Å². The third kappa shape index (κ3) is 5.94. The van der Waals surface area contributed by atoms with E-state index in [2.05, 4.69) is 27.1 Å². The monoisotopic (exact) mass is 584 g/mol. The largest absolute Gasteiger partial charge is 0.353 e. The van der Waals surface area contributed by atoms with Crippen LogP contribution in [0.2, 0.25) is 0 Å². The van der Waals surface area contributed by atoms with Crippen molar-refractivity contribution in [3.8, 4) is 0 Å². The van der Waals surface area contributed by atoms with Gasteiger partial charge < -0.3 is 20.2 Å². The normalized spacial score (nSPS) is 21.3. The van der Waals surface area contributed by atoms with Gasteiger partial charge in [-0.2, -0.15) is 0 Å². The first-order valence-electron chi connectivity index (χ1n) is 14.3. The maximum atomic E-state index is 13.6. The molecule has 10 heteroatoms. The van der Waals surface area contributed by atoms with Gasteiger partial charge in [-0.3, -0.25) is 14.4 Å². The average molecular weight is 585 g/mol. The Morgan fingerprint density at radius 1 is 1.15 bits per heavy atom. The Morgan fingerprint density at radius 3 is 2.49 bits per heavy atom. The fourth-order valence-corrected chi connectivity index (χ4v) is 7.36. The van der Waals surface area contributed by atoms with Gasteiger partial charge in [0.25, 0.3) is 17.4 Å². The summed E-state index contributed by atoms with van der Waals surface area (Å²) >= 11 is 1.48. The number of hydrogen-bond acceptors (Lipinski definition) is 4. The summed E-state index contributed by atoms with van der Waals surface area (Å²) in [7, 11) is 0. The lowest BCUT2D eigenvalue weighted by Gasteiger charge is -2.38. The fourth-order valence-electron chi connectivity index (χ4n) is 6.65. The van der Waals surface area contributed by atoms with E-state index in [0.717, 1.165) is 52.9 Å². The molecule has 2 aliphatic carbocycles. The topological polar surface area (TPSA) is 96.0 Å². The van der Waals surface area contributed by atoms with Crippen molar-refractivity contribution in [2.75, 3.05) is 6.26 Å². The van der Waals surface area contributed by atoms with E-state index < -0.39 is 12.0 Å². The predicted octanol–water partition coefficient (Wildman–Crippen LogP) is 5.88. The number of para-hydroxylation sites is 1. The van der Waals surface area contributed by atoms with Crippen LogP contribution in [0.5, 0.6) is 0 Å². The molecule has 3 N–H and O–H groups in total. The molecule has 2 fully saturated rings. The maximum Gasteiger partial charge on any atom is 0.254 e. The molecule has 0 saturated heterocycles. The molecule has 2 saturated carbocycles. The Labute approximate surface area is 242 Å². The van der Waals surface area contributed by atoms with Crippen molar-refractivity contribution in [1.82, 2.24) is 20.2 Å². The molecular formula is C31H38F2N4O3S. The van der Waals surface area contributed by atoms with Crippen LogP contribution in [0, 0.1) is 25.7 Å². The van der Waals surface area contributed by atoms with Crippen LogP contribution >= 0.6 is 11.8 Å². The van der Waals surface area contributed by atoms with Crippen molar-refractivity contribution in [3.63, 3.8) is 0 Å². The second-order valence-electron chi connectivity index (χ2n) is 11.7. The highest BCUT2D eigenvalue weighted by Crippen LogP contribution is 2.41. The molecule has 0 radical (unpaired) electrons. The first kappa shape index (κ1) is 29.4. The molecule has 220 valence electrons. The molecule has 1 aromatic carbocycles. The lowest BCUT2D eigenvalue weighted by atomic mass is 9.78. The Morgan fingerprint density at radius 2 is 1.83 bits per heavy atom. The van der Waals surface area contributed by atoms with Crippen molar-refractivity contribution in [2.45, 2.75) is 88.7 Å². The number of thioether (sulfide) groups is 1. The number of aryl methyl sites for hydroxylation is 1. The highest BCUT2D eigenvalue weighted by molar-refractivity contribution is 7.98. The molecule has 0 unspecified atom stereocenters. The Hall–Kier alpha value is -3.14. The third-order valence-corrected chi connectivity index (χ3v) is 9.73. The van der Waals surface area contributed by atoms with Crippen molar-refractivity contribution in [2.24, 2.45) is 11.8 Å². The number of rotatable bonds is 8. The van der Waals surface area contributed by atoms with E-state index in [-0.39, 0.29) is 48.7 Å². The average Bonchev–Trinajstić information content (AvgIpc) is 3.22. The van der Waals surface area contributed by atoms with Gasteiger partial charge in [0.05, 0.1) is 5.56 Å². The van der Waals surface area contributed by atoms with Crippen LogP contribution in [0.1, 0.15) is 78.8 Å². The third-order valence-electron chi connectivity index (χ3n) is 8.93. The molecule has 5 rings (SSSR count). The Balaban J connectivity index is 1.30. The summed E-state index contributed by atoms with van der Waals surface area (Å²) in [4.78, 5) is 42.5. The number of alkyl halides is 2. The van der Waals surface area contributed by atoms with Gasteiger partial charge in [-0.05, 0) is 70.8 Å². The van der Waals surface area contributed by atoms with Crippen LogP contribution < -0.4 is 16.2 Å². The number of halogens is 2. The summed E-state index contributed by atoms with van der Waals surface area (Å²) < 4.78 is 28.6. The van der Waals surface area contributed by atoms with Crippen molar-refractivity contribution >= 4 is 34.5 Å². The molecule has 1 atom stereocenters. The van der Waals surface area contributed by atoms with E-state index in [9.17, 15) is 23.2 Å². The molecule has 3 aromatic rings.